The quantitative estimate of drug-likeness (QED) is 0.562. The zero-order valence-corrected chi connectivity index (χ0v) is 17.4. The molecule has 2 aromatic carbocycles. The number of rotatable bonds is 8. The second-order valence-corrected chi connectivity index (χ2v) is 7.61. The molecule has 158 valence electrons. The number of nitrogens with zero attached hydrogens (tertiary/aromatic N) is 3. The number of aromatic amines is 1. The normalized spacial score (nSPS) is 14.8. The van der Waals surface area contributed by atoms with Crippen LogP contribution in [0.15, 0.2) is 48.5 Å². The van der Waals surface area contributed by atoms with Crippen molar-refractivity contribution in [1.82, 2.24) is 20.4 Å². The van der Waals surface area contributed by atoms with Crippen LogP contribution in [0, 0.1) is 0 Å². The minimum absolute atomic E-state index is 0.112. The summed E-state index contributed by atoms with van der Waals surface area (Å²) in [5.41, 5.74) is 2.58. The predicted molar refractivity (Wildman–Crippen MR) is 119 cm³/mol. The van der Waals surface area contributed by atoms with Crippen LogP contribution in [-0.2, 0) is 0 Å². The van der Waals surface area contributed by atoms with E-state index in [-0.39, 0.29) is 5.91 Å². The van der Waals surface area contributed by atoms with Gasteiger partial charge in [-0.1, -0.05) is 24.3 Å². The van der Waals surface area contributed by atoms with Crippen LogP contribution < -0.4 is 15.0 Å². The Morgan fingerprint density at radius 3 is 2.77 bits per heavy atom. The second-order valence-electron chi connectivity index (χ2n) is 7.61. The van der Waals surface area contributed by atoms with Crippen LogP contribution >= 0.6 is 0 Å². The number of fused-ring (bicyclic) bond motifs is 1. The molecule has 4 rings (SSSR count). The van der Waals surface area contributed by atoms with Gasteiger partial charge in [-0.2, -0.15) is 5.10 Å². The first-order chi connectivity index (χ1) is 14.7. The van der Waals surface area contributed by atoms with Crippen LogP contribution in [0.2, 0.25) is 0 Å². The Labute approximate surface area is 177 Å². The monoisotopic (exact) mass is 407 g/mol. The molecule has 7 heteroatoms. The van der Waals surface area contributed by atoms with E-state index in [9.17, 15) is 4.79 Å². The maximum Gasteiger partial charge on any atom is 0.272 e. The van der Waals surface area contributed by atoms with Crippen LogP contribution in [0.25, 0.3) is 10.9 Å². The Bertz CT molecular complexity index is 978. The van der Waals surface area contributed by atoms with Crippen LogP contribution in [0.5, 0.6) is 5.75 Å². The number of para-hydroxylation sites is 1. The Morgan fingerprint density at radius 1 is 1.10 bits per heavy atom. The standard InChI is InChI=1S/C23H29N5O2/c1-30-19-8-6-7-18(17-19)28-15-13-27(14-16-28)12-5-4-11-24-23(29)22-20-9-2-3-10-21(20)25-26-22/h2-3,6-10,17H,4-5,11-16H2,1H3,(H,24,29)(H,25,26). The topological polar surface area (TPSA) is 73.5 Å². The molecule has 1 saturated heterocycles. The molecule has 0 radical (unpaired) electrons. The van der Waals surface area contributed by atoms with Crippen molar-refractivity contribution in [2.45, 2.75) is 12.8 Å². The van der Waals surface area contributed by atoms with E-state index in [1.54, 1.807) is 7.11 Å². The molecule has 1 aliphatic heterocycles. The Morgan fingerprint density at radius 2 is 1.93 bits per heavy atom. The number of methoxy groups -OCH3 is 1. The fourth-order valence-electron chi connectivity index (χ4n) is 3.92. The lowest BCUT2D eigenvalue weighted by Gasteiger charge is -2.36. The molecule has 7 nitrogen and oxygen atoms in total. The number of amides is 1. The number of unbranched alkanes of at least 4 members (excludes halogenated alkanes) is 1. The molecule has 0 aliphatic carbocycles. The number of nitrogens with one attached hydrogen (secondary N) is 2. The Hall–Kier alpha value is -3.06. The molecular formula is C23H29N5O2. The lowest BCUT2D eigenvalue weighted by Crippen LogP contribution is -2.46. The fourth-order valence-corrected chi connectivity index (χ4v) is 3.92. The lowest BCUT2D eigenvalue weighted by molar-refractivity contribution is 0.0949. The van der Waals surface area contributed by atoms with Crippen LogP contribution in [0.3, 0.4) is 0 Å². The number of piperazine rings is 1. The molecule has 1 aliphatic rings. The molecule has 1 amide bonds. The minimum Gasteiger partial charge on any atom is -0.497 e. The summed E-state index contributed by atoms with van der Waals surface area (Å²) in [6.45, 7) is 5.90. The predicted octanol–water partition coefficient (Wildman–Crippen LogP) is 2.90. The molecule has 1 fully saturated rings. The van der Waals surface area contributed by atoms with Crippen molar-refractivity contribution in [3.8, 4) is 5.75 Å². The highest BCUT2D eigenvalue weighted by Gasteiger charge is 2.17. The van der Waals surface area contributed by atoms with Gasteiger partial charge in [0, 0.05) is 49.9 Å². The molecule has 3 aromatic rings. The van der Waals surface area contributed by atoms with E-state index < -0.39 is 0 Å². The number of hydrogen-bond acceptors (Lipinski definition) is 5. The molecule has 2 N–H and O–H groups in total. The third kappa shape index (κ3) is 4.74. The van der Waals surface area contributed by atoms with E-state index in [4.69, 9.17) is 4.74 Å². The van der Waals surface area contributed by atoms with Crippen molar-refractivity contribution >= 4 is 22.5 Å². The average molecular weight is 408 g/mol. The first-order valence-electron chi connectivity index (χ1n) is 10.6. The molecule has 0 atom stereocenters. The summed E-state index contributed by atoms with van der Waals surface area (Å²) in [5, 5.41) is 10.9. The number of benzene rings is 2. The van der Waals surface area contributed by atoms with Gasteiger partial charge >= 0.3 is 0 Å². The number of carbonyl (C=O) groups is 1. The average Bonchev–Trinajstić information content (AvgIpc) is 3.23. The first-order valence-corrected chi connectivity index (χ1v) is 10.6. The van der Waals surface area contributed by atoms with Gasteiger partial charge in [0.15, 0.2) is 5.69 Å². The van der Waals surface area contributed by atoms with Crippen LogP contribution in [0.4, 0.5) is 5.69 Å². The largest absolute Gasteiger partial charge is 0.497 e. The summed E-state index contributed by atoms with van der Waals surface area (Å²) in [5.74, 6) is 0.791. The number of aromatic nitrogens is 2. The van der Waals surface area contributed by atoms with Gasteiger partial charge in [-0.3, -0.25) is 14.8 Å². The summed E-state index contributed by atoms with van der Waals surface area (Å²) in [6, 6.07) is 15.9. The Balaban J connectivity index is 1.15. The maximum absolute atomic E-state index is 12.4. The van der Waals surface area contributed by atoms with Crippen molar-refractivity contribution in [2.24, 2.45) is 0 Å². The number of carbonyl (C=O) groups excluding carboxylic acids is 1. The molecule has 2 heterocycles. The molecule has 0 bridgehead atoms. The van der Waals surface area contributed by atoms with Gasteiger partial charge in [0.2, 0.25) is 0 Å². The van der Waals surface area contributed by atoms with E-state index in [1.165, 1.54) is 5.69 Å². The fraction of sp³-hybridized carbons (Fsp3) is 0.391. The zero-order valence-electron chi connectivity index (χ0n) is 17.4. The van der Waals surface area contributed by atoms with Crippen molar-refractivity contribution in [3.05, 3.63) is 54.2 Å². The van der Waals surface area contributed by atoms with E-state index in [1.807, 2.05) is 36.4 Å². The summed E-state index contributed by atoms with van der Waals surface area (Å²) < 4.78 is 5.33. The molecular weight excluding hydrogens is 378 g/mol. The third-order valence-electron chi connectivity index (χ3n) is 5.66. The highest BCUT2D eigenvalue weighted by molar-refractivity contribution is 6.04. The van der Waals surface area contributed by atoms with Gasteiger partial charge in [-0.25, -0.2) is 0 Å². The SMILES string of the molecule is COc1cccc(N2CCN(CCCCNC(=O)c3n[nH]c4ccccc34)CC2)c1. The van der Waals surface area contributed by atoms with Crippen LogP contribution in [0.1, 0.15) is 23.3 Å². The highest BCUT2D eigenvalue weighted by atomic mass is 16.5. The summed E-state index contributed by atoms with van der Waals surface area (Å²) >= 11 is 0. The third-order valence-corrected chi connectivity index (χ3v) is 5.66. The van der Waals surface area contributed by atoms with Crippen molar-refractivity contribution in [3.63, 3.8) is 0 Å². The van der Waals surface area contributed by atoms with Crippen molar-refractivity contribution < 1.29 is 9.53 Å². The number of hydrogen-bond donors (Lipinski definition) is 2. The zero-order chi connectivity index (χ0) is 20.8. The molecule has 0 saturated carbocycles. The summed E-state index contributed by atoms with van der Waals surface area (Å²) in [7, 11) is 1.70. The van der Waals surface area contributed by atoms with Gasteiger partial charge < -0.3 is 15.0 Å². The van der Waals surface area contributed by atoms with Gasteiger partial charge in [0.05, 0.1) is 12.6 Å². The van der Waals surface area contributed by atoms with E-state index >= 15 is 0 Å². The number of H-pyrrole nitrogens is 1. The van der Waals surface area contributed by atoms with Gasteiger partial charge in [0.25, 0.3) is 5.91 Å². The van der Waals surface area contributed by atoms with Crippen molar-refractivity contribution in [1.29, 1.82) is 0 Å². The number of anilines is 1. The maximum atomic E-state index is 12.4. The molecule has 0 spiro atoms. The van der Waals surface area contributed by atoms with Crippen molar-refractivity contribution in [2.75, 3.05) is 51.3 Å². The molecule has 30 heavy (non-hydrogen) atoms. The Kier molecular flexibility index (Phi) is 6.49. The van der Waals surface area contributed by atoms with Crippen LogP contribution in [-0.4, -0.2) is 67.4 Å². The number of ether oxygens (including phenoxy) is 1. The molecule has 1 aromatic heterocycles. The summed E-state index contributed by atoms with van der Waals surface area (Å²) in [4.78, 5) is 17.3. The van der Waals surface area contributed by atoms with Gasteiger partial charge in [0.1, 0.15) is 5.75 Å². The smallest absolute Gasteiger partial charge is 0.272 e. The molecule has 0 unspecified atom stereocenters. The van der Waals surface area contributed by atoms with Gasteiger partial charge in [-0.05, 0) is 37.6 Å². The van der Waals surface area contributed by atoms with E-state index in [2.05, 4.69) is 37.4 Å². The van der Waals surface area contributed by atoms with E-state index in [0.717, 1.165) is 62.2 Å². The second kappa shape index (κ2) is 9.63. The van der Waals surface area contributed by atoms with Gasteiger partial charge in [-0.15, -0.1) is 0 Å². The lowest BCUT2D eigenvalue weighted by atomic mass is 10.2. The highest BCUT2D eigenvalue weighted by Crippen LogP contribution is 2.22. The summed E-state index contributed by atoms with van der Waals surface area (Å²) in [6.07, 6.45) is 2.03. The first kappa shape index (κ1) is 20.2. The van der Waals surface area contributed by atoms with E-state index in [0.29, 0.717) is 12.2 Å². The minimum atomic E-state index is -0.112.